The lowest BCUT2D eigenvalue weighted by Gasteiger charge is -2.27. The zero-order valence-electron chi connectivity index (χ0n) is 13.6. The van der Waals surface area contributed by atoms with Crippen LogP contribution >= 0.6 is 0 Å². The molecule has 0 atom stereocenters. The van der Waals surface area contributed by atoms with Gasteiger partial charge in [-0.3, -0.25) is 0 Å². The summed E-state index contributed by atoms with van der Waals surface area (Å²) in [6.07, 6.45) is 3.24. The smallest absolute Gasteiger partial charge is 0.119 e. The maximum absolute atomic E-state index is 9.94. The molecule has 0 fully saturated rings. The Kier molecular flexibility index (Phi) is 4.60. The van der Waals surface area contributed by atoms with Crippen LogP contribution in [-0.2, 0) is 18.3 Å². The van der Waals surface area contributed by atoms with Crippen molar-refractivity contribution in [3.05, 3.63) is 71.3 Å². The number of phenols is 2. The summed E-state index contributed by atoms with van der Waals surface area (Å²) in [5.41, 5.74) is 3.92. The Bertz CT molecular complexity index is 684. The Morgan fingerprint density at radius 3 is 1.95 bits per heavy atom. The second-order valence-electron chi connectivity index (χ2n) is 6.16. The molecule has 2 rings (SSSR count). The van der Waals surface area contributed by atoms with Gasteiger partial charge in [-0.05, 0) is 47.2 Å². The van der Waals surface area contributed by atoms with E-state index >= 15 is 0 Å². The van der Waals surface area contributed by atoms with Crippen LogP contribution in [0.5, 0.6) is 11.5 Å². The molecule has 2 heteroatoms. The molecule has 0 unspecified atom stereocenters. The van der Waals surface area contributed by atoms with Crippen LogP contribution in [0.25, 0.3) is 0 Å². The largest absolute Gasteiger partial charge is 0.508 e. The molecule has 0 aliphatic carbocycles. The highest BCUT2D eigenvalue weighted by Gasteiger charge is 2.24. The van der Waals surface area contributed by atoms with E-state index in [0.717, 1.165) is 28.7 Å². The van der Waals surface area contributed by atoms with E-state index in [9.17, 15) is 10.2 Å². The van der Waals surface area contributed by atoms with E-state index in [0.29, 0.717) is 17.9 Å². The minimum absolute atomic E-state index is 0.207. The van der Waals surface area contributed by atoms with Gasteiger partial charge >= 0.3 is 0 Å². The fraction of sp³-hybridized carbons (Fsp3) is 0.300. The van der Waals surface area contributed by atoms with E-state index < -0.39 is 0 Å². The van der Waals surface area contributed by atoms with Gasteiger partial charge in [0.2, 0.25) is 0 Å². The van der Waals surface area contributed by atoms with Crippen molar-refractivity contribution in [1.82, 2.24) is 0 Å². The first-order valence-corrected chi connectivity index (χ1v) is 7.65. The van der Waals surface area contributed by atoms with Crippen LogP contribution in [0.4, 0.5) is 0 Å². The molecule has 116 valence electrons. The lowest BCUT2D eigenvalue weighted by Crippen LogP contribution is -2.19. The number of hydrogen-bond acceptors (Lipinski definition) is 2. The molecule has 0 saturated heterocycles. The lowest BCUT2D eigenvalue weighted by molar-refractivity contribution is 0.467. The number of hydrogen-bond donors (Lipinski definition) is 2. The van der Waals surface area contributed by atoms with Gasteiger partial charge in [0, 0.05) is 5.41 Å². The zero-order chi connectivity index (χ0) is 16.3. The highest BCUT2D eigenvalue weighted by molar-refractivity contribution is 5.47. The SMILES string of the molecule is C=CCc1cc(C(C)(C)c2ccc(O)c(CC)c2)ccc1O. The maximum atomic E-state index is 9.94. The van der Waals surface area contributed by atoms with Crippen molar-refractivity contribution in [2.24, 2.45) is 0 Å². The number of rotatable bonds is 5. The molecule has 2 aromatic carbocycles. The van der Waals surface area contributed by atoms with Gasteiger partial charge in [-0.2, -0.15) is 0 Å². The quantitative estimate of drug-likeness (QED) is 0.784. The van der Waals surface area contributed by atoms with Gasteiger partial charge in [0.1, 0.15) is 11.5 Å². The molecule has 0 aromatic heterocycles. The van der Waals surface area contributed by atoms with Crippen molar-refractivity contribution < 1.29 is 10.2 Å². The van der Waals surface area contributed by atoms with Gasteiger partial charge in [0.05, 0.1) is 0 Å². The Morgan fingerprint density at radius 2 is 1.45 bits per heavy atom. The van der Waals surface area contributed by atoms with Gasteiger partial charge in [0.25, 0.3) is 0 Å². The number of aromatic hydroxyl groups is 2. The Balaban J connectivity index is 2.49. The molecule has 22 heavy (non-hydrogen) atoms. The third-order valence-corrected chi connectivity index (χ3v) is 4.35. The van der Waals surface area contributed by atoms with Gasteiger partial charge in [-0.25, -0.2) is 0 Å². The van der Waals surface area contributed by atoms with Crippen LogP contribution in [0.1, 0.15) is 43.0 Å². The van der Waals surface area contributed by atoms with Gasteiger partial charge < -0.3 is 10.2 Å². The van der Waals surface area contributed by atoms with Crippen LogP contribution in [0.3, 0.4) is 0 Å². The maximum Gasteiger partial charge on any atom is 0.119 e. The van der Waals surface area contributed by atoms with E-state index in [1.807, 2.05) is 25.1 Å². The molecule has 0 bridgehead atoms. The number of allylic oxidation sites excluding steroid dienone is 1. The predicted octanol–water partition coefficient (Wildman–Crippen LogP) is 4.71. The van der Waals surface area contributed by atoms with Crippen molar-refractivity contribution in [2.75, 3.05) is 0 Å². The highest BCUT2D eigenvalue weighted by Crippen LogP contribution is 2.35. The minimum atomic E-state index is -0.207. The van der Waals surface area contributed by atoms with Gasteiger partial charge in [-0.15, -0.1) is 6.58 Å². The molecular formula is C20H24O2. The Morgan fingerprint density at radius 1 is 0.955 bits per heavy atom. The fourth-order valence-electron chi connectivity index (χ4n) is 2.72. The van der Waals surface area contributed by atoms with E-state index in [1.54, 1.807) is 18.2 Å². The Hall–Kier alpha value is -2.22. The van der Waals surface area contributed by atoms with Gasteiger partial charge in [0.15, 0.2) is 0 Å². The monoisotopic (exact) mass is 296 g/mol. The second-order valence-corrected chi connectivity index (χ2v) is 6.16. The van der Waals surface area contributed by atoms with Crippen LogP contribution in [0, 0.1) is 0 Å². The number of benzene rings is 2. The van der Waals surface area contributed by atoms with Crippen molar-refractivity contribution >= 4 is 0 Å². The number of phenolic OH excluding ortho intramolecular Hbond substituents is 2. The molecule has 0 heterocycles. The van der Waals surface area contributed by atoms with Gasteiger partial charge in [-0.1, -0.05) is 51.1 Å². The molecule has 2 nitrogen and oxygen atoms in total. The van der Waals surface area contributed by atoms with E-state index in [-0.39, 0.29) is 5.41 Å². The molecule has 0 amide bonds. The highest BCUT2D eigenvalue weighted by atomic mass is 16.3. The predicted molar refractivity (Wildman–Crippen MR) is 91.6 cm³/mol. The van der Waals surface area contributed by atoms with Crippen LogP contribution < -0.4 is 0 Å². The van der Waals surface area contributed by atoms with Crippen molar-refractivity contribution in [2.45, 2.75) is 39.0 Å². The zero-order valence-corrected chi connectivity index (χ0v) is 13.6. The summed E-state index contributed by atoms with van der Waals surface area (Å²) < 4.78 is 0. The molecular weight excluding hydrogens is 272 g/mol. The van der Waals surface area contributed by atoms with Crippen molar-refractivity contribution in [3.63, 3.8) is 0 Å². The third kappa shape index (κ3) is 3.01. The summed E-state index contributed by atoms with van der Waals surface area (Å²) in [7, 11) is 0. The fourth-order valence-corrected chi connectivity index (χ4v) is 2.72. The standard InChI is InChI=1S/C20H24O2/c1-5-7-15-13-17(9-11-19(15)22)20(3,4)16-8-10-18(21)14(6-2)12-16/h5,8-13,21-22H,1,6-7H2,2-4H3. The molecule has 0 aliphatic heterocycles. The molecule has 0 spiro atoms. The summed E-state index contributed by atoms with van der Waals surface area (Å²) in [5.74, 6) is 0.652. The van der Waals surface area contributed by atoms with E-state index in [1.165, 1.54) is 0 Å². The van der Waals surface area contributed by atoms with Crippen LogP contribution in [0.2, 0.25) is 0 Å². The van der Waals surface area contributed by atoms with E-state index in [2.05, 4.69) is 26.5 Å². The Labute approximate surface area is 132 Å². The first-order chi connectivity index (χ1) is 10.4. The average molecular weight is 296 g/mol. The summed E-state index contributed by atoms with van der Waals surface area (Å²) in [4.78, 5) is 0. The minimum Gasteiger partial charge on any atom is -0.508 e. The first-order valence-electron chi connectivity index (χ1n) is 7.65. The summed E-state index contributed by atoms with van der Waals surface area (Å²) in [6.45, 7) is 10.1. The molecule has 0 aliphatic rings. The first kappa shape index (κ1) is 16.2. The van der Waals surface area contributed by atoms with Crippen molar-refractivity contribution in [3.8, 4) is 11.5 Å². The molecule has 0 saturated carbocycles. The summed E-state index contributed by atoms with van der Waals surface area (Å²) in [6, 6.07) is 11.5. The van der Waals surface area contributed by atoms with E-state index in [4.69, 9.17) is 0 Å². The molecule has 2 N–H and O–H groups in total. The lowest BCUT2D eigenvalue weighted by atomic mass is 9.77. The number of aryl methyl sites for hydroxylation is 1. The summed E-state index contributed by atoms with van der Waals surface area (Å²) in [5, 5.41) is 19.8. The van der Waals surface area contributed by atoms with Crippen molar-refractivity contribution in [1.29, 1.82) is 0 Å². The topological polar surface area (TPSA) is 40.5 Å². The average Bonchev–Trinajstić information content (AvgIpc) is 2.49. The molecule has 2 aromatic rings. The van der Waals surface area contributed by atoms with Crippen LogP contribution in [-0.4, -0.2) is 10.2 Å². The second kappa shape index (κ2) is 6.27. The third-order valence-electron chi connectivity index (χ3n) is 4.35. The summed E-state index contributed by atoms with van der Waals surface area (Å²) >= 11 is 0. The normalized spacial score (nSPS) is 11.4. The van der Waals surface area contributed by atoms with Crippen LogP contribution in [0.15, 0.2) is 49.1 Å². The molecule has 0 radical (unpaired) electrons.